The molecule has 2 aromatic carbocycles. The Bertz CT molecular complexity index is 1750. The van der Waals surface area contributed by atoms with Gasteiger partial charge in [0, 0.05) is 11.6 Å². The molecule has 0 spiro atoms. The number of primary amides is 1. The monoisotopic (exact) mass is 589 g/mol. The number of nitrogens with two attached hydrogens (primary N) is 1. The van der Waals surface area contributed by atoms with Crippen molar-refractivity contribution in [1.82, 2.24) is 14.8 Å². The van der Waals surface area contributed by atoms with E-state index in [9.17, 15) is 27.2 Å². The molecule has 0 saturated carbocycles. The molecule has 0 aliphatic heterocycles. The number of fused-ring (bicyclic) bond motifs is 1. The Kier molecular flexibility index (Phi) is 7.17. The van der Waals surface area contributed by atoms with E-state index in [0.29, 0.717) is 22.1 Å². The van der Waals surface area contributed by atoms with Crippen LogP contribution in [-0.2, 0) is 12.9 Å². The second-order valence-electron chi connectivity index (χ2n) is 8.31. The van der Waals surface area contributed by atoms with Crippen LogP contribution in [0, 0.1) is 5.82 Å². The molecular formula is C26H16ClF4N5O3S. The normalized spacial score (nSPS) is 11.5. The molecule has 3 heterocycles. The van der Waals surface area contributed by atoms with Crippen LogP contribution >= 0.6 is 22.9 Å². The fraction of sp³-hybridized carbons (Fsp3) is 0.0769. The molecule has 40 heavy (non-hydrogen) atoms. The third-order valence-electron chi connectivity index (χ3n) is 5.63. The van der Waals surface area contributed by atoms with Gasteiger partial charge in [-0.3, -0.25) is 9.59 Å². The lowest BCUT2D eigenvalue weighted by Gasteiger charge is -2.12. The topological polar surface area (TPSA) is 112 Å². The van der Waals surface area contributed by atoms with Gasteiger partial charge in [0.05, 0.1) is 10.7 Å². The van der Waals surface area contributed by atoms with Gasteiger partial charge < -0.3 is 15.8 Å². The van der Waals surface area contributed by atoms with Crippen molar-refractivity contribution in [3.05, 3.63) is 94.0 Å². The average Bonchev–Trinajstić information content (AvgIpc) is 3.53. The average molecular weight is 590 g/mol. The molecule has 0 atom stereocenters. The number of nitrogens with one attached hydrogen (secondary N) is 1. The Morgan fingerprint density at radius 2 is 1.82 bits per heavy atom. The zero-order valence-electron chi connectivity index (χ0n) is 20.0. The molecule has 5 rings (SSSR count). The lowest BCUT2D eigenvalue weighted by Crippen LogP contribution is -2.18. The first-order valence-corrected chi connectivity index (χ1v) is 12.5. The summed E-state index contributed by atoms with van der Waals surface area (Å²) in [5.74, 6) is -1.96. The van der Waals surface area contributed by atoms with Crippen molar-refractivity contribution in [2.45, 2.75) is 12.9 Å². The standard InChI is InChI=1S/C26H16ClF4N5O3S/c27-16-3-1-2-4-18(16)39-12-36-10-9-17(35-36)24(38)34-21-20-15(13-5-7-14(28)8-6-13)11-19(26(29,30)31)33-25(20)40-22(21)23(32)37/h1-11H,12H2,(H2,32,37)(H,34,38). The number of ether oxygens (including phenoxy) is 1. The van der Waals surface area contributed by atoms with Crippen molar-refractivity contribution in [2.75, 3.05) is 5.32 Å². The number of nitrogens with zero attached hydrogens (tertiary/aromatic N) is 3. The Morgan fingerprint density at radius 1 is 1.10 bits per heavy atom. The van der Waals surface area contributed by atoms with Crippen LogP contribution in [0.4, 0.5) is 23.2 Å². The molecule has 5 aromatic rings. The number of carbonyl (C=O) groups excluding carboxylic acids is 2. The minimum absolute atomic E-state index is 0.0324. The van der Waals surface area contributed by atoms with Gasteiger partial charge >= 0.3 is 6.18 Å². The highest BCUT2D eigenvalue weighted by Crippen LogP contribution is 2.43. The van der Waals surface area contributed by atoms with Crippen molar-refractivity contribution >= 4 is 50.7 Å². The Labute approximate surface area is 232 Å². The van der Waals surface area contributed by atoms with Gasteiger partial charge in [-0.15, -0.1) is 11.3 Å². The van der Waals surface area contributed by atoms with E-state index in [0.717, 1.165) is 18.2 Å². The van der Waals surface area contributed by atoms with Crippen molar-refractivity contribution in [2.24, 2.45) is 5.73 Å². The summed E-state index contributed by atoms with van der Waals surface area (Å²) in [6.45, 7) is -0.0796. The highest BCUT2D eigenvalue weighted by atomic mass is 35.5. The number of alkyl halides is 3. The van der Waals surface area contributed by atoms with Gasteiger partial charge in [0.25, 0.3) is 11.8 Å². The maximum Gasteiger partial charge on any atom is 0.433 e. The van der Waals surface area contributed by atoms with Gasteiger partial charge in [0.1, 0.15) is 27.0 Å². The van der Waals surface area contributed by atoms with Crippen molar-refractivity contribution < 1.29 is 31.9 Å². The van der Waals surface area contributed by atoms with Crippen molar-refractivity contribution in [1.29, 1.82) is 0 Å². The molecule has 0 aliphatic carbocycles. The lowest BCUT2D eigenvalue weighted by molar-refractivity contribution is -0.140. The predicted molar refractivity (Wildman–Crippen MR) is 141 cm³/mol. The summed E-state index contributed by atoms with van der Waals surface area (Å²) in [5.41, 5.74) is 4.22. The van der Waals surface area contributed by atoms with E-state index in [4.69, 9.17) is 22.1 Å². The number of halogens is 5. The minimum Gasteiger partial charge on any atom is -0.470 e. The van der Waals surface area contributed by atoms with Gasteiger partial charge in [-0.05, 0) is 47.5 Å². The van der Waals surface area contributed by atoms with Crippen molar-refractivity contribution in [3.8, 4) is 16.9 Å². The molecule has 0 unspecified atom stereocenters. The molecule has 0 radical (unpaired) electrons. The first-order chi connectivity index (χ1) is 19.0. The lowest BCUT2D eigenvalue weighted by atomic mass is 10.0. The smallest absolute Gasteiger partial charge is 0.433 e. The molecule has 204 valence electrons. The van der Waals surface area contributed by atoms with Crippen LogP contribution in [0.3, 0.4) is 0 Å². The van der Waals surface area contributed by atoms with Gasteiger partial charge in [-0.2, -0.15) is 18.3 Å². The van der Waals surface area contributed by atoms with Crippen LogP contribution in [-0.4, -0.2) is 26.6 Å². The number of thiophene rings is 1. The molecule has 2 amide bonds. The van der Waals surface area contributed by atoms with Crippen LogP contribution in [0.5, 0.6) is 5.75 Å². The fourth-order valence-electron chi connectivity index (χ4n) is 3.82. The van der Waals surface area contributed by atoms with E-state index in [-0.39, 0.29) is 44.3 Å². The molecule has 0 aliphatic rings. The van der Waals surface area contributed by atoms with E-state index >= 15 is 0 Å². The molecule has 0 saturated heterocycles. The zero-order chi connectivity index (χ0) is 28.6. The number of amides is 2. The summed E-state index contributed by atoms with van der Waals surface area (Å²) >= 11 is 6.66. The van der Waals surface area contributed by atoms with E-state index in [1.54, 1.807) is 24.3 Å². The largest absolute Gasteiger partial charge is 0.470 e. The number of aromatic nitrogens is 3. The number of anilines is 1. The second kappa shape index (κ2) is 10.6. The van der Waals surface area contributed by atoms with Gasteiger partial charge in [-0.25, -0.2) is 14.1 Å². The number of para-hydroxylation sites is 1. The van der Waals surface area contributed by atoms with Crippen LogP contribution in [0.15, 0.2) is 66.9 Å². The predicted octanol–water partition coefficient (Wildman–Crippen LogP) is 6.36. The number of carbonyl (C=O) groups is 2. The van der Waals surface area contributed by atoms with Crippen LogP contribution in [0.25, 0.3) is 21.3 Å². The summed E-state index contributed by atoms with van der Waals surface area (Å²) in [6, 6.07) is 13.6. The van der Waals surface area contributed by atoms with E-state index < -0.39 is 29.5 Å². The number of benzene rings is 2. The maximum atomic E-state index is 13.7. The van der Waals surface area contributed by atoms with Crippen LogP contribution < -0.4 is 15.8 Å². The number of pyridine rings is 1. The molecule has 0 fully saturated rings. The number of rotatable bonds is 7. The highest BCUT2D eigenvalue weighted by molar-refractivity contribution is 7.21. The molecule has 8 nitrogen and oxygen atoms in total. The third-order valence-corrected chi connectivity index (χ3v) is 7.04. The van der Waals surface area contributed by atoms with Crippen LogP contribution in [0.1, 0.15) is 25.9 Å². The summed E-state index contributed by atoms with van der Waals surface area (Å²) in [5, 5.41) is 7.11. The van der Waals surface area contributed by atoms with Gasteiger partial charge in [0.15, 0.2) is 12.4 Å². The maximum absolute atomic E-state index is 13.7. The van der Waals surface area contributed by atoms with Gasteiger partial charge in [-0.1, -0.05) is 35.9 Å². The molecule has 14 heteroatoms. The Hall–Kier alpha value is -4.49. The zero-order valence-corrected chi connectivity index (χ0v) is 21.6. The number of hydrogen-bond acceptors (Lipinski definition) is 6. The Balaban J connectivity index is 1.53. The first-order valence-electron chi connectivity index (χ1n) is 11.3. The number of hydrogen-bond donors (Lipinski definition) is 2. The minimum atomic E-state index is -4.82. The highest BCUT2D eigenvalue weighted by Gasteiger charge is 2.35. The van der Waals surface area contributed by atoms with E-state index in [2.05, 4.69) is 15.4 Å². The van der Waals surface area contributed by atoms with E-state index in [1.165, 1.54) is 29.1 Å². The van der Waals surface area contributed by atoms with Crippen molar-refractivity contribution in [3.63, 3.8) is 0 Å². The van der Waals surface area contributed by atoms with Gasteiger partial charge in [0.2, 0.25) is 0 Å². The fourth-order valence-corrected chi connectivity index (χ4v) is 5.02. The second-order valence-corrected chi connectivity index (χ2v) is 9.71. The first kappa shape index (κ1) is 27.1. The molecule has 3 aromatic heterocycles. The summed E-state index contributed by atoms with van der Waals surface area (Å²) in [4.78, 5) is 28.7. The quantitative estimate of drug-likeness (QED) is 0.215. The molecule has 0 bridgehead atoms. The Morgan fingerprint density at radius 3 is 2.50 bits per heavy atom. The summed E-state index contributed by atoms with van der Waals surface area (Å²) < 4.78 is 61.5. The van der Waals surface area contributed by atoms with E-state index in [1.807, 2.05) is 0 Å². The molecule has 3 N–H and O–H groups in total. The molecular weight excluding hydrogens is 574 g/mol. The SMILES string of the molecule is NC(=O)c1sc2nc(C(F)(F)F)cc(-c3ccc(F)cc3)c2c1NC(=O)c1ccn(COc2ccccc2Cl)n1. The van der Waals surface area contributed by atoms with Crippen LogP contribution in [0.2, 0.25) is 5.02 Å². The third kappa shape index (κ3) is 5.46. The summed E-state index contributed by atoms with van der Waals surface area (Å²) in [7, 11) is 0. The summed E-state index contributed by atoms with van der Waals surface area (Å²) in [6.07, 6.45) is -3.35.